The molecule has 6 heteroatoms. The Labute approximate surface area is 143 Å². The van der Waals surface area contributed by atoms with Gasteiger partial charge in [-0.3, -0.25) is 4.79 Å². The Balaban J connectivity index is 2.16. The third-order valence-electron chi connectivity index (χ3n) is 2.91. The molecular weight excluding hydrogens is 360 g/mol. The van der Waals surface area contributed by atoms with Crippen LogP contribution in [0.3, 0.4) is 0 Å². The molecule has 0 fully saturated rings. The van der Waals surface area contributed by atoms with Gasteiger partial charge in [-0.25, -0.2) is 5.43 Å². The molecule has 120 valence electrons. The Kier molecular flexibility index (Phi) is 6.17. The van der Waals surface area contributed by atoms with E-state index >= 15 is 0 Å². The molecule has 1 amide bonds. The maximum absolute atomic E-state index is 10.8. The normalized spacial score (nSPS) is 10.6. The molecule has 0 heterocycles. The van der Waals surface area contributed by atoms with Gasteiger partial charge >= 0.3 is 0 Å². The summed E-state index contributed by atoms with van der Waals surface area (Å²) in [6.07, 6.45) is 1.54. The molecule has 0 aliphatic rings. The molecule has 0 aliphatic carbocycles. The molecule has 2 aromatic rings. The number of hydrazone groups is 1. The molecule has 0 aliphatic heterocycles. The predicted molar refractivity (Wildman–Crippen MR) is 92.9 cm³/mol. The van der Waals surface area contributed by atoms with E-state index in [2.05, 4.69) is 26.5 Å². The Morgan fingerprint density at radius 3 is 2.70 bits per heavy atom. The van der Waals surface area contributed by atoms with Gasteiger partial charge in [0.25, 0.3) is 0 Å². The van der Waals surface area contributed by atoms with Gasteiger partial charge in [-0.2, -0.15) is 5.10 Å². The van der Waals surface area contributed by atoms with Crippen LogP contribution in [0.15, 0.2) is 52.0 Å². The SMILES string of the molecule is COc1cc(/C=N\NC(C)=O)cc(Br)c1OCc1ccccc1. The van der Waals surface area contributed by atoms with Crippen LogP contribution in [0.2, 0.25) is 0 Å². The second kappa shape index (κ2) is 8.33. The third-order valence-corrected chi connectivity index (χ3v) is 3.50. The Hall–Kier alpha value is -2.34. The second-order valence-electron chi connectivity index (χ2n) is 4.73. The van der Waals surface area contributed by atoms with Crippen LogP contribution in [-0.4, -0.2) is 19.2 Å². The van der Waals surface area contributed by atoms with E-state index in [0.29, 0.717) is 18.1 Å². The van der Waals surface area contributed by atoms with Crippen LogP contribution >= 0.6 is 15.9 Å². The molecule has 0 saturated carbocycles. The molecule has 0 bridgehead atoms. The van der Waals surface area contributed by atoms with Crippen molar-refractivity contribution in [3.05, 3.63) is 58.1 Å². The number of rotatable bonds is 6. The average molecular weight is 377 g/mol. The van der Waals surface area contributed by atoms with Gasteiger partial charge in [0.15, 0.2) is 11.5 Å². The minimum absolute atomic E-state index is 0.227. The zero-order chi connectivity index (χ0) is 16.7. The van der Waals surface area contributed by atoms with Crippen LogP contribution in [0.5, 0.6) is 11.5 Å². The average Bonchev–Trinajstić information content (AvgIpc) is 2.54. The fourth-order valence-electron chi connectivity index (χ4n) is 1.88. The van der Waals surface area contributed by atoms with E-state index in [9.17, 15) is 4.79 Å². The van der Waals surface area contributed by atoms with E-state index in [4.69, 9.17) is 9.47 Å². The molecule has 2 aromatic carbocycles. The molecule has 0 unspecified atom stereocenters. The highest BCUT2D eigenvalue weighted by molar-refractivity contribution is 9.10. The third kappa shape index (κ3) is 5.10. The maximum atomic E-state index is 10.8. The lowest BCUT2D eigenvalue weighted by molar-refractivity contribution is -0.118. The first kappa shape index (κ1) is 17.0. The smallest absolute Gasteiger partial charge is 0.236 e. The topological polar surface area (TPSA) is 59.9 Å². The lowest BCUT2D eigenvalue weighted by Crippen LogP contribution is -2.12. The maximum Gasteiger partial charge on any atom is 0.236 e. The first-order valence-electron chi connectivity index (χ1n) is 6.94. The lowest BCUT2D eigenvalue weighted by atomic mass is 10.2. The molecular formula is C17H17BrN2O3. The quantitative estimate of drug-likeness (QED) is 0.619. The summed E-state index contributed by atoms with van der Waals surface area (Å²) in [4.78, 5) is 10.8. The van der Waals surface area contributed by atoms with Crippen molar-refractivity contribution in [2.75, 3.05) is 7.11 Å². The molecule has 5 nitrogen and oxygen atoms in total. The van der Waals surface area contributed by atoms with Crippen LogP contribution in [-0.2, 0) is 11.4 Å². The van der Waals surface area contributed by atoms with E-state index in [0.717, 1.165) is 15.6 Å². The van der Waals surface area contributed by atoms with Crippen LogP contribution in [0.25, 0.3) is 0 Å². The van der Waals surface area contributed by atoms with Crippen molar-refractivity contribution in [1.82, 2.24) is 5.43 Å². The van der Waals surface area contributed by atoms with Crippen molar-refractivity contribution in [3.8, 4) is 11.5 Å². The van der Waals surface area contributed by atoms with E-state index in [1.165, 1.54) is 13.1 Å². The molecule has 23 heavy (non-hydrogen) atoms. The van der Waals surface area contributed by atoms with Crippen LogP contribution in [0.4, 0.5) is 0 Å². The summed E-state index contributed by atoms with van der Waals surface area (Å²) in [5.74, 6) is 0.975. The van der Waals surface area contributed by atoms with Gasteiger partial charge in [0, 0.05) is 6.92 Å². The summed E-state index contributed by atoms with van der Waals surface area (Å²) < 4.78 is 12.0. The molecule has 0 spiro atoms. The number of benzene rings is 2. The monoisotopic (exact) mass is 376 g/mol. The van der Waals surface area contributed by atoms with Crippen molar-refractivity contribution in [1.29, 1.82) is 0 Å². The van der Waals surface area contributed by atoms with Crippen LogP contribution in [0.1, 0.15) is 18.1 Å². The highest BCUT2D eigenvalue weighted by atomic mass is 79.9. The Morgan fingerprint density at radius 1 is 1.30 bits per heavy atom. The van der Waals surface area contributed by atoms with Crippen molar-refractivity contribution in [2.24, 2.45) is 5.10 Å². The summed E-state index contributed by atoms with van der Waals surface area (Å²) in [5, 5.41) is 3.84. The highest BCUT2D eigenvalue weighted by Gasteiger charge is 2.11. The summed E-state index contributed by atoms with van der Waals surface area (Å²) in [6.45, 7) is 1.84. The van der Waals surface area contributed by atoms with Crippen molar-refractivity contribution in [2.45, 2.75) is 13.5 Å². The number of nitrogens with zero attached hydrogens (tertiary/aromatic N) is 1. The fraction of sp³-hybridized carbons (Fsp3) is 0.176. The van der Waals surface area contributed by atoms with Crippen LogP contribution < -0.4 is 14.9 Å². The van der Waals surface area contributed by atoms with E-state index < -0.39 is 0 Å². The lowest BCUT2D eigenvalue weighted by Gasteiger charge is -2.13. The van der Waals surface area contributed by atoms with Crippen molar-refractivity contribution >= 4 is 28.1 Å². The minimum Gasteiger partial charge on any atom is -0.493 e. The molecule has 0 saturated heterocycles. The van der Waals surface area contributed by atoms with E-state index in [-0.39, 0.29) is 5.91 Å². The number of ether oxygens (including phenoxy) is 2. The number of hydrogen-bond donors (Lipinski definition) is 1. The number of carbonyl (C=O) groups excluding carboxylic acids is 1. The summed E-state index contributed by atoms with van der Waals surface area (Å²) in [6, 6.07) is 13.5. The van der Waals surface area contributed by atoms with Gasteiger partial charge < -0.3 is 9.47 Å². The van der Waals surface area contributed by atoms with Gasteiger partial charge in [0.2, 0.25) is 5.91 Å². The standard InChI is InChI=1S/C17H17BrN2O3/c1-12(21)20-19-10-14-8-15(18)17(16(9-14)22-2)23-11-13-6-4-3-5-7-13/h3-10H,11H2,1-2H3,(H,20,21)/b19-10-. The number of nitrogens with one attached hydrogen (secondary N) is 1. The first-order chi connectivity index (χ1) is 11.1. The number of carbonyl (C=O) groups is 1. The number of hydrogen-bond acceptors (Lipinski definition) is 4. The Bertz CT molecular complexity index is 702. The zero-order valence-corrected chi connectivity index (χ0v) is 14.5. The first-order valence-corrected chi connectivity index (χ1v) is 7.73. The molecule has 1 N–H and O–H groups in total. The largest absolute Gasteiger partial charge is 0.493 e. The van der Waals surface area contributed by atoms with Crippen molar-refractivity contribution in [3.63, 3.8) is 0 Å². The summed E-state index contributed by atoms with van der Waals surface area (Å²) in [5.41, 5.74) is 4.20. The second-order valence-corrected chi connectivity index (χ2v) is 5.59. The Morgan fingerprint density at radius 2 is 2.04 bits per heavy atom. The van der Waals surface area contributed by atoms with Crippen molar-refractivity contribution < 1.29 is 14.3 Å². The molecule has 0 atom stereocenters. The fourth-order valence-corrected chi connectivity index (χ4v) is 2.46. The van der Waals surface area contributed by atoms with E-state index in [1.807, 2.05) is 36.4 Å². The molecule has 0 radical (unpaired) electrons. The number of methoxy groups -OCH3 is 1. The van der Waals surface area contributed by atoms with Crippen LogP contribution in [0, 0.1) is 0 Å². The predicted octanol–water partition coefficient (Wildman–Crippen LogP) is 3.51. The number of amides is 1. The molecule has 0 aromatic heterocycles. The summed E-state index contributed by atoms with van der Waals surface area (Å²) >= 11 is 3.48. The highest BCUT2D eigenvalue weighted by Crippen LogP contribution is 2.36. The zero-order valence-electron chi connectivity index (χ0n) is 12.9. The summed E-state index contributed by atoms with van der Waals surface area (Å²) in [7, 11) is 1.58. The van der Waals surface area contributed by atoms with E-state index in [1.54, 1.807) is 13.2 Å². The van der Waals surface area contributed by atoms with Gasteiger partial charge in [-0.15, -0.1) is 0 Å². The minimum atomic E-state index is -0.227. The van der Waals surface area contributed by atoms with Gasteiger partial charge in [0.05, 0.1) is 17.8 Å². The van der Waals surface area contributed by atoms with Gasteiger partial charge in [-0.1, -0.05) is 30.3 Å². The number of halogens is 1. The van der Waals surface area contributed by atoms with Gasteiger partial charge in [-0.05, 0) is 39.2 Å². The molecule has 2 rings (SSSR count). The van der Waals surface area contributed by atoms with Gasteiger partial charge in [0.1, 0.15) is 6.61 Å².